The Labute approximate surface area is 120 Å². The zero-order valence-corrected chi connectivity index (χ0v) is 12.3. The summed E-state index contributed by atoms with van der Waals surface area (Å²) in [4.78, 5) is 14.3. The number of amides is 1. The third-order valence-corrected chi connectivity index (χ3v) is 4.12. The first kappa shape index (κ1) is 14.7. The Hall–Kier alpha value is -1.71. The predicted molar refractivity (Wildman–Crippen MR) is 78.2 cm³/mol. The summed E-state index contributed by atoms with van der Waals surface area (Å²) in [7, 11) is 3.35. The Kier molecular flexibility index (Phi) is 4.88. The quantitative estimate of drug-likeness (QED) is 0.863. The van der Waals surface area contributed by atoms with Gasteiger partial charge in [-0.1, -0.05) is 25.7 Å². The molecule has 1 aliphatic rings. The van der Waals surface area contributed by atoms with Crippen molar-refractivity contribution in [2.45, 2.75) is 44.6 Å². The van der Waals surface area contributed by atoms with Crippen LogP contribution in [0.4, 0.5) is 0 Å². The van der Waals surface area contributed by atoms with Gasteiger partial charge in [0.1, 0.15) is 0 Å². The number of carbonyl (C=O) groups excluding carboxylic acids is 1. The Morgan fingerprint density at radius 3 is 2.45 bits per heavy atom. The molecular formula is C16H23NO3. The van der Waals surface area contributed by atoms with Crippen LogP contribution in [-0.4, -0.2) is 36.1 Å². The molecule has 0 saturated heterocycles. The Morgan fingerprint density at radius 1 is 1.25 bits per heavy atom. The molecule has 0 heterocycles. The molecule has 1 saturated carbocycles. The van der Waals surface area contributed by atoms with E-state index in [2.05, 4.69) is 0 Å². The Bertz CT molecular complexity index is 465. The lowest BCUT2D eigenvalue weighted by molar-refractivity contribution is 0.0717. The fraction of sp³-hybridized carbons (Fsp3) is 0.562. The molecule has 4 nitrogen and oxygen atoms in total. The van der Waals surface area contributed by atoms with Crippen LogP contribution in [0.1, 0.15) is 48.9 Å². The lowest BCUT2D eigenvalue weighted by Gasteiger charge is -2.27. The van der Waals surface area contributed by atoms with Crippen molar-refractivity contribution in [2.75, 3.05) is 14.2 Å². The second-order valence-corrected chi connectivity index (χ2v) is 5.45. The van der Waals surface area contributed by atoms with Crippen LogP contribution in [0.5, 0.6) is 11.5 Å². The van der Waals surface area contributed by atoms with Crippen LogP contribution in [0.2, 0.25) is 0 Å². The summed E-state index contributed by atoms with van der Waals surface area (Å²) in [6, 6.07) is 5.13. The van der Waals surface area contributed by atoms with E-state index < -0.39 is 0 Å². The molecule has 1 aliphatic carbocycles. The maximum atomic E-state index is 12.5. The van der Waals surface area contributed by atoms with E-state index in [0.29, 0.717) is 17.4 Å². The molecule has 0 spiro atoms. The minimum atomic E-state index is -0.0325. The van der Waals surface area contributed by atoms with Crippen LogP contribution >= 0.6 is 0 Å². The van der Waals surface area contributed by atoms with Gasteiger partial charge in [0.05, 0.1) is 7.11 Å². The molecule has 0 aromatic heterocycles. The predicted octanol–water partition coefficient (Wildman–Crippen LogP) is 3.20. The van der Waals surface area contributed by atoms with Gasteiger partial charge in [0.2, 0.25) is 0 Å². The van der Waals surface area contributed by atoms with Crippen molar-refractivity contribution in [3.8, 4) is 11.5 Å². The molecular weight excluding hydrogens is 254 g/mol. The van der Waals surface area contributed by atoms with Crippen LogP contribution in [0, 0.1) is 0 Å². The Morgan fingerprint density at radius 2 is 1.90 bits per heavy atom. The van der Waals surface area contributed by atoms with Crippen molar-refractivity contribution < 1.29 is 14.6 Å². The summed E-state index contributed by atoms with van der Waals surface area (Å²) in [5.74, 6) is 0.362. The number of rotatable bonds is 3. The fourth-order valence-corrected chi connectivity index (χ4v) is 2.84. The number of carbonyl (C=O) groups is 1. The van der Waals surface area contributed by atoms with Crippen molar-refractivity contribution in [2.24, 2.45) is 0 Å². The first-order chi connectivity index (χ1) is 9.63. The molecule has 1 fully saturated rings. The van der Waals surface area contributed by atoms with Gasteiger partial charge in [-0.3, -0.25) is 4.79 Å². The van der Waals surface area contributed by atoms with Crippen molar-refractivity contribution in [1.82, 2.24) is 4.90 Å². The zero-order chi connectivity index (χ0) is 14.5. The minimum absolute atomic E-state index is 0.00705. The highest BCUT2D eigenvalue weighted by Crippen LogP contribution is 2.28. The lowest BCUT2D eigenvalue weighted by atomic mass is 10.1. The average Bonchev–Trinajstić information content (AvgIpc) is 2.74. The normalized spacial score (nSPS) is 16.5. The monoisotopic (exact) mass is 277 g/mol. The van der Waals surface area contributed by atoms with Gasteiger partial charge in [0.25, 0.3) is 5.91 Å². The molecule has 4 heteroatoms. The van der Waals surface area contributed by atoms with Gasteiger partial charge in [-0.15, -0.1) is 0 Å². The van der Waals surface area contributed by atoms with Crippen LogP contribution in [0.25, 0.3) is 0 Å². The maximum absolute atomic E-state index is 12.5. The number of nitrogens with zero attached hydrogens (tertiary/aromatic N) is 1. The van der Waals surface area contributed by atoms with Gasteiger partial charge in [0, 0.05) is 18.7 Å². The van der Waals surface area contributed by atoms with Crippen molar-refractivity contribution in [3.63, 3.8) is 0 Å². The summed E-state index contributed by atoms with van der Waals surface area (Å²) in [5, 5.41) is 9.78. The lowest BCUT2D eigenvalue weighted by Crippen LogP contribution is -2.36. The average molecular weight is 277 g/mol. The molecule has 110 valence electrons. The van der Waals surface area contributed by atoms with Gasteiger partial charge in [-0.25, -0.2) is 0 Å². The number of phenols is 1. The molecule has 0 radical (unpaired) electrons. The summed E-state index contributed by atoms with van der Waals surface area (Å²) in [6.45, 7) is 0. The molecule has 0 bridgehead atoms. The topological polar surface area (TPSA) is 49.8 Å². The number of hydrogen-bond donors (Lipinski definition) is 1. The maximum Gasteiger partial charge on any atom is 0.253 e. The first-order valence-corrected chi connectivity index (χ1v) is 7.27. The summed E-state index contributed by atoms with van der Waals surface area (Å²) in [5.41, 5.74) is 0.509. The van der Waals surface area contributed by atoms with Crippen LogP contribution in [-0.2, 0) is 0 Å². The second kappa shape index (κ2) is 6.64. The van der Waals surface area contributed by atoms with E-state index in [1.54, 1.807) is 12.1 Å². The summed E-state index contributed by atoms with van der Waals surface area (Å²) in [6.07, 6.45) is 7.06. The zero-order valence-electron chi connectivity index (χ0n) is 12.3. The number of ether oxygens (including phenoxy) is 1. The van der Waals surface area contributed by atoms with Gasteiger partial charge >= 0.3 is 0 Å². The third-order valence-electron chi connectivity index (χ3n) is 4.12. The van der Waals surface area contributed by atoms with Gasteiger partial charge < -0.3 is 14.7 Å². The number of methoxy groups -OCH3 is 1. The van der Waals surface area contributed by atoms with E-state index in [1.807, 2.05) is 11.9 Å². The van der Waals surface area contributed by atoms with Crippen molar-refractivity contribution >= 4 is 5.91 Å². The highest BCUT2D eigenvalue weighted by atomic mass is 16.5. The number of benzene rings is 1. The van der Waals surface area contributed by atoms with Crippen LogP contribution < -0.4 is 4.74 Å². The second-order valence-electron chi connectivity index (χ2n) is 5.45. The highest BCUT2D eigenvalue weighted by molar-refractivity contribution is 5.95. The fourth-order valence-electron chi connectivity index (χ4n) is 2.84. The molecule has 2 rings (SSSR count). The number of aromatic hydroxyl groups is 1. The molecule has 1 N–H and O–H groups in total. The largest absolute Gasteiger partial charge is 0.504 e. The van der Waals surface area contributed by atoms with Gasteiger partial charge in [-0.05, 0) is 31.0 Å². The van der Waals surface area contributed by atoms with E-state index in [-0.39, 0.29) is 11.7 Å². The van der Waals surface area contributed by atoms with Crippen LogP contribution in [0.3, 0.4) is 0 Å². The molecule has 1 aromatic carbocycles. The Balaban J connectivity index is 2.11. The minimum Gasteiger partial charge on any atom is -0.504 e. The van der Waals surface area contributed by atoms with Crippen molar-refractivity contribution in [1.29, 1.82) is 0 Å². The standard InChI is InChI=1S/C16H23NO3/c1-17(13-7-5-3-4-6-8-13)16(19)12-9-10-15(20-2)14(18)11-12/h9-11,13,18H,3-8H2,1-2H3. The van der Waals surface area contributed by atoms with E-state index in [4.69, 9.17) is 4.74 Å². The van der Waals surface area contributed by atoms with Crippen LogP contribution in [0.15, 0.2) is 18.2 Å². The van der Waals surface area contributed by atoms with E-state index in [9.17, 15) is 9.90 Å². The molecule has 1 amide bonds. The summed E-state index contributed by atoms with van der Waals surface area (Å²) >= 11 is 0. The highest BCUT2D eigenvalue weighted by Gasteiger charge is 2.22. The molecule has 0 aliphatic heterocycles. The van der Waals surface area contributed by atoms with E-state index >= 15 is 0 Å². The number of hydrogen-bond acceptors (Lipinski definition) is 3. The molecule has 0 atom stereocenters. The van der Waals surface area contributed by atoms with Crippen molar-refractivity contribution in [3.05, 3.63) is 23.8 Å². The SMILES string of the molecule is COc1ccc(C(=O)N(C)C2CCCCCC2)cc1O. The first-order valence-electron chi connectivity index (χ1n) is 7.27. The number of phenolic OH excluding ortho intramolecular Hbond substituents is 1. The van der Waals surface area contributed by atoms with Gasteiger partial charge in [-0.2, -0.15) is 0 Å². The van der Waals surface area contributed by atoms with E-state index in [0.717, 1.165) is 12.8 Å². The molecule has 0 unspecified atom stereocenters. The molecule has 1 aromatic rings. The smallest absolute Gasteiger partial charge is 0.253 e. The third kappa shape index (κ3) is 3.24. The van der Waals surface area contributed by atoms with Gasteiger partial charge in [0.15, 0.2) is 11.5 Å². The molecule has 20 heavy (non-hydrogen) atoms. The summed E-state index contributed by atoms with van der Waals surface area (Å²) < 4.78 is 5.00. The van der Waals surface area contributed by atoms with E-state index in [1.165, 1.54) is 38.9 Å².